The van der Waals surface area contributed by atoms with Crippen LogP contribution in [-0.4, -0.2) is 31.4 Å². The molecule has 0 spiro atoms. The lowest BCUT2D eigenvalue weighted by Crippen LogP contribution is -2.44. The molecule has 0 bridgehead atoms. The van der Waals surface area contributed by atoms with Gasteiger partial charge in [-0.1, -0.05) is 12.1 Å². The number of hydrogen-bond donors (Lipinski definition) is 2. The van der Waals surface area contributed by atoms with Gasteiger partial charge >= 0.3 is 0 Å². The van der Waals surface area contributed by atoms with E-state index >= 15 is 0 Å². The molecule has 2 N–H and O–H groups in total. The highest BCUT2D eigenvalue weighted by Gasteiger charge is 2.21. The fraction of sp³-hybridized carbons (Fsp3) is 0.538. The van der Waals surface area contributed by atoms with Crippen LogP contribution in [0.2, 0.25) is 0 Å². The van der Waals surface area contributed by atoms with Gasteiger partial charge in [-0.15, -0.1) is 0 Å². The number of hydrogen-bond acceptors (Lipinski definition) is 4. The highest BCUT2D eigenvalue weighted by atomic mass is 32.2. The summed E-state index contributed by atoms with van der Waals surface area (Å²) in [5.41, 5.74) is 0.200. The van der Waals surface area contributed by atoms with Crippen LogP contribution in [0.4, 0.5) is 0 Å². The van der Waals surface area contributed by atoms with Crippen molar-refractivity contribution in [2.75, 3.05) is 6.26 Å². The standard InChI is InChI=1S/C13H21NO3S/c1-10(13(2,3)15)14-9-11-5-7-12(8-6-11)18(4,16)17/h5-8,10,14-15H,9H2,1-4H3. The topological polar surface area (TPSA) is 66.4 Å². The first kappa shape index (κ1) is 15.1. The minimum atomic E-state index is -3.13. The summed E-state index contributed by atoms with van der Waals surface area (Å²) in [4.78, 5) is 0.321. The summed E-state index contributed by atoms with van der Waals surface area (Å²) in [6.45, 7) is 5.99. The van der Waals surface area contributed by atoms with Gasteiger partial charge in [0.15, 0.2) is 9.84 Å². The Morgan fingerprint density at radius 1 is 1.28 bits per heavy atom. The van der Waals surface area contributed by atoms with Crippen LogP contribution in [0.5, 0.6) is 0 Å². The molecule has 5 heteroatoms. The van der Waals surface area contributed by atoms with E-state index in [0.29, 0.717) is 11.4 Å². The number of nitrogens with one attached hydrogen (secondary N) is 1. The van der Waals surface area contributed by atoms with Gasteiger partial charge in [-0.25, -0.2) is 8.42 Å². The average Bonchev–Trinajstić information content (AvgIpc) is 2.24. The quantitative estimate of drug-likeness (QED) is 0.848. The van der Waals surface area contributed by atoms with Gasteiger partial charge in [-0.2, -0.15) is 0 Å². The van der Waals surface area contributed by atoms with Crippen LogP contribution in [0.25, 0.3) is 0 Å². The van der Waals surface area contributed by atoms with Crippen molar-refractivity contribution in [1.29, 1.82) is 0 Å². The molecule has 0 saturated heterocycles. The van der Waals surface area contributed by atoms with Crippen LogP contribution < -0.4 is 5.32 Å². The van der Waals surface area contributed by atoms with Crippen LogP contribution >= 0.6 is 0 Å². The number of rotatable bonds is 5. The first-order valence-electron chi connectivity index (χ1n) is 5.85. The van der Waals surface area contributed by atoms with Gasteiger partial charge in [0.05, 0.1) is 10.5 Å². The maximum Gasteiger partial charge on any atom is 0.175 e. The molecule has 4 nitrogen and oxygen atoms in total. The number of aliphatic hydroxyl groups is 1. The lowest BCUT2D eigenvalue weighted by atomic mass is 10.0. The van der Waals surface area contributed by atoms with Crippen molar-refractivity contribution in [3.63, 3.8) is 0 Å². The highest BCUT2D eigenvalue weighted by Crippen LogP contribution is 2.12. The molecule has 1 unspecified atom stereocenters. The lowest BCUT2D eigenvalue weighted by molar-refractivity contribution is 0.0437. The molecule has 0 aliphatic heterocycles. The molecule has 1 rings (SSSR count). The summed E-state index contributed by atoms with van der Waals surface area (Å²) in [5, 5.41) is 13.0. The zero-order chi connectivity index (χ0) is 14.0. The Hall–Kier alpha value is -0.910. The van der Waals surface area contributed by atoms with Gasteiger partial charge in [0, 0.05) is 18.8 Å². The third-order valence-corrected chi connectivity index (χ3v) is 4.15. The van der Waals surface area contributed by atoms with E-state index in [2.05, 4.69) is 5.32 Å². The fourth-order valence-corrected chi connectivity index (χ4v) is 2.01. The monoisotopic (exact) mass is 271 g/mol. The van der Waals surface area contributed by atoms with Crippen molar-refractivity contribution >= 4 is 9.84 Å². The Morgan fingerprint density at radius 3 is 2.17 bits per heavy atom. The predicted octanol–water partition coefficient (Wildman–Crippen LogP) is 1.34. The van der Waals surface area contributed by atoms with E-state index in [9.17, 15) is 13.5 Å². The summed E-state index contributed by atoms with van der Waals surface area (Å²) in [5.74, 6) is 0. The van der Waals surface area contributed by atoms with Crippen molar-refractivity contribution in [2.24, 2.45) is 0 Å². The first-order valence-corrected chi connectivity index (χ1v) is 7.74. The molecule has 0 radical (unpaired) electrons. The third-order valence-electron chi connectivity index (χ3n) is 3.02. The van der Waals surface area contributed by atoms with Gasteiger partial charge in [0.1, 0.15) is 0 Å². The molecule has 0 aliphatic rings. The number of sulfone groups is 1. The Kier molecular flexibility index (Phi) is 4.53. The van der Waals surface area contributed by atoms with E-state index in [1.165, 1.54) is 6.26 Å². The largest absolute Gasteiger partial charge is 0.389 e. The second-order valence-electron chi connectivity index (χ2n) is 5.17. The van der Waals surface area contributed by atoms with E-state index in [4.69, 9.17) is 0 Å². The molecule has 1 atom stereocenters. The molecule has 0 amide bonds. The normalized spacial score (nSPS) is 14.5. The Balaban J connectivity index is 2.66. The van der Waals surface area contributed by atoms with Gasteiger partial charge < -0.3 is 10.4 Å². The zero-order valence-corrected chi connectivity index (χ0v) is 12.1. The van der Waals surface area contributed by atoms with Gasteiger partial charge in [-0.3, -0.25) is 0 Å². The summed E-state index contributed by atoms with van der Waals surface area (Å²) in [6.07, 6.45) is 1.19. The summed E-state index contributed by atoms with van der Waals surface area (Å²) < 4.78 is 22.6. The number of benzene rings is 1. The van der Waals surface area contributed by atoms with Crippen LogP contribution in [0.1, 0.15) is 26.3 Å². The van der Waals surface area contributed by atoms with E-state index < -0.39 is 15.4 Å². The van der Waals surface area contributed by atoms with Crippen molar-refractivity contribution in [2.45, 2.75) is 43.9 Å². The van der Waals surface area contributed by atoms with Crippen LogP contribution in [0.3, 0.4) is 0 Å². The zero-order valence-electron chi connectivity index (χ0n) is 11.3. The van der Waals surface area contributed by atoms with Crippen LogP contribution in [0, 0.1) is 0 Å². The second kappa shape index (κ2) is 5.38. The van der Waals surface area contributed by atoms with E-state index in [0.717, 1.165) is 5.56 Å². The SMILES string of the molecule is CC(NCc1ccc(S(C)(=O)=O)cc1)C(C)(C)O. The van der Waals surface area contributed by atoms with Crippen molar-refractivity contribution < 1.29 is 13.5 Å². The Morgan fingerprint density at radius 2 is 1.78 bits per heavy atom. The smallest absolute Gasteiger partial charge is 0.175 e. The van der Waals surface area contributed by atoms with Gasteiger partial charge in [0.2, 0.25) is 0 Å². The van der Waals surface area contributed by atoms with Gasteiger partial charge in [0.25, 0.3) is 0 Å². The minimum Gasteiger partial charge on any atom is -0.389 e. The van der Waals surface area contributed by atoms with Crippen LogP contribution in [0.15, 0.2) is 29.2 Å². The first-order chi connectivity index (χ1) is 8.10. The van der Waals surface area contributed by atoms with E-state index in [1.807, 2.05) is 6.92 Å². The average molecular weight is 271 g/mol. The molecule has 18 heavy (non-hydrogen) atoms. The highest BCUT2D eigenvalue weighted by molar-refractivity contribution is 7.90. The molecule has 102 valence electrons. The lowest BCUT2D eigenvalue weighted by Gasteiger charge is -2.26. The molecule has 0 aliphatic carbocycles. The molecule has 0 fully saturated rings. The molecular formula is C13H21NO3S. The summed E-state index contributed by atoms with van der Waals surface area (Å²) in [6, 6.07) is 6.70. The second-order valence-corrected chi connectivity index (χ2v) is 7.19. The maximum atomic E-state index is 11.3. The van der Waals surface area contributed by atoms with Crippen LogP contribution in [-0.2, 0) is 16.4 Å². The molecule has 1 aromatic carbocycles. The van der Waals surface area contributed by atoms with Crippen molar-refractivity contribution in [1.82, 2.24) is 5.32 Å². The molecule has 0 heterocycles. The molecule has 0 aromatic heterocycles. The Labute approximate surface area is 109 Å². The summed E-state index contributed by atoms with van der Waals surface area (Å²) >= 11 is 0. The minimum absolute atomic E-state index is 0.0490. The summed E-state index contributed by atoms with van der Waals surface area (Å²) in [7, 11) is -3.13. The molecule has 0 saturated carbocycles. The fourth-order valence-electron chi connectivity index (χ4n) is 1.38. The van der Waals surface area contributed by atoms with Crippen molar-refractivity contribution in [3.8, 4) is 0 Å². The predicted molar refractivity (Wildman–Crippen MR) is 72.2 cm³/mol. The van der Waals surface area contributed by atoms with E-state index in [1.54, 1.807) is 38.1 Å². The maximum absolute atomic E-state index is 11.3. The molecule has 1 aromatic rings. The molecular weight excluding hydrogens is 250 g/mol. The third kappa shape index (κ3) is 4.40. The Bertz CT molecular complexity index is 486. The van der Waals surface area contributed by atoms with Crippen molar-refractivity contribution in [3.05, 3.63) is 29.8 Å². The van der Waals surface area contributed by atoms with E-state index in [-0.39, 0.29) is 6.04 Å². The van der Waals surface area contributed by atoms with Gasteiger partial charge in [-0.05, 0) is 38.5 Å².